The van der Waals surface area contributed by atoms with Crippen LogP contribution in [0.5, 0.6) is 0 Å². The Hall–Kier alpha value is -1.27. The quantitative estimate of drug-likeness (QED) is 0.681. The van der Waals surface area contributed by atoms with Crippen LogP contribution in [0.25, 0.3) is 0 Å². The third kappa shape index (κ3) is 2.11. The van der Waals surface area contributed by atoms with Gasteiger partial charge in [-0.05, 0) is 29.9 Å². The van der Waals surface area contributed by atoms with Gasteiger partial charge in [-0.2, -0.15) is 0 Å². The van der Waals surface area contributed by atoms with Crippen molar-refractivity contribution in [3.05, 3.63) is 21.9 Å². The molecule has 0 aromatic carbocycles. The highest BCUT2D eigenvalue weighted by molar-refractivity contribution is 7.10. The summed E-state index contributed by atoms with van der Waals surface area (Å²) >= 11 is 1.62. The second-order valence-corrected chi connectivity index (χ2v) is 3.35. The van der Waals surface area contributed by atoms with Crippen LogP contribution < -0.4 is 5.32 Å². The Balaban J connectivity index is 2.50. The summed E-state index contributed by atoms with van der Waals surface area (Å²) in [6.45, 7) is 2.54. The molecule has 0 aliphatic heterocycles. The van der Waals surface area contributed by atoms with Gasteiger partial charge in [0.2, 0.25) is 0 Å². The van der Waals surface area contributed by atoms with Crippen LogP contribution in [0.2, 0.25) is 0 Å². The second-order valence-electron chi connectivity index (χ2n) is 2.35. The van der Waals surface area contributed by atoms with Gasteiger partial charge in [0.1, 0.15) is 0 Å². The highest BCUT2D eigenvalue weighted by atomic mass is 32.1. The van der Waals surface area contributed by atoms with Crippen molar-refractivity contribution < 1.29 is 4.79 Å². The van der Waals surface area contributed by atoms with Crippen molar-refractivity contribution >= 4 is 17.2 Å². The predicted octanol–water partition coefficient (Wildman–Crippen LogP) is 1.31. The molecule has 0 aliphatic rings. The summed E-state index contributed by atoms with van der Waals surface area (Å²) in [5, 5.41) is 4.60. The fourth-order valence-corrected chi connectivity index (χ4v) is 1.64. The predicted molar refractivity (Wildman–Crippen MR) is 49.7 cm³/mol. The molecule has 1 rings (SSSR count). The Labute approximate surface area is 75.6 Å². The molecule has 0 atom stereocenters. The summed E-state index contributed by atoms with van der Waals surface area (Å²) in [5.74, 6) is 1.64. The van der Waals surface area contributed by atoms with Crippen LogP contribution in [0.3, 0.4) is 0 Å². The first-order valence-electron chi connectivity index (χ1n) is 3.51. The zero-order valence-electron chi connectivity index (χ0n) is 6.76. The fourth-order valence-electron chi connectivity index (χ4n) is 0.797. The molecule has 0 saturated carbocycles. The van der Waals surface area contributed by atoms with E-state index in [0.717, 1.165) is 4.88 Å². The summed E-state index contributed by atoms with van der Waals surface area (Å²) in [6, 6.07) is 2.02. The third-order valence-corrected chi connectivity index (χ3v) is 2.53. The molecule has 0 saturated heterocycles. The van der Waals surface area contributed by atoms with Gasteiger partial charge in [0.15, 0.2) is 0 Å². The topological polar surface area (TPSA) is 29.1 Å². The first-order valence-corrected chi connectivity index (χ1v) is 4.39. The number of carbonyl (C=O) groups excluding carboxylic acids is 1. The SMILES string of the molecule is C#CC(=O)NCc1sccc1C. The number of hydrogen-bond donors (Lipinski definition) is 1. The van der Waals surface area contributed by atoms with Crippen molar-refractivity contribution in [2.45, 2.75) is 13.5 Å². The molecule has 0 unspecified atom stereocenters. The van der Waals surface area contributed by atoms with Crippen molar-refractivity contribution in [2.75, 3.05) is 0 Å². The van der Waals surface area contributed by atoms with Gasteiger partial charge in [0, 0.05) is 4.88 Å². The lowest BCUT2D eigenvalue weighted by Crippen LogP contribution is -2.20. The number of rotatable bonds is 2. The van der Waals surface area contributed by atoms with Crippen LogP contribution in [0, 0.1) is 19.3 Å². The Morgan fingerprint density at radius 1 is 1.83 bits per heavy atom. The normalized spacial score (nSPS) is 9.00. The Bertz CT molecular complexity index is 322. The van der Waals surface area contributed by atoms with Crippen molar-refractivity contribution in [3.8, 4) is 12.3 Å². The van der Waals surface area contributed by atoms with E-state index >= 15 is 0 Å². The lowest BCUT2D eigenvalue weighted by molar-refractivity contribution is -0.115. The number of aryl methyl sites for hydroxylation is 1. The summed E-state index contributed by atoms with van der Waals surface area (Å²) < 4.78 is 0. The van der Waals surface area contributed by atoms with Gasteiger partial charge in [0.05, 0.1) is 6.54 Å². The Morgan fingerprint density at radius 2 is 2.58 bits per heavy atom. The molecule has 0 spiro atoms. The zero-order chi connectivity index (χ0) is 8.97. The van der Waals surface area contributed by atoms with Crippen molar-refractivity contribution in [1.29, 1.82) is 0 Å². The van der Waals surface area contributed by atoms with Crippen LogP contribution >= 0.6 is 11.3 Å². The van der Waals surface area contributed by atoms with E-state index in [1.807, 2.05) is 24.3 Å². The van der Waals surface area contributed by atoms with Gasteiger partial charge in [-0.25, -0.2) is 0 Å². The number of nitrogens with one attached hydrogen (secondary N) is 1. The van der Waals surface area contributed by atoms with E-state index in [4.69, 9.17) is 6.42 Å². The molecule has 1 heterocycles. The molecule has 0 fully saturated rings. The summed E-state index contributed by atoms with van der Waals surface area (Å²) in [5.41, 5.74) is 1.19. The molecule has 1 aromatic rings. The fraction of sp³-hybridized carbons (Fsp3) is 0.222. The van der Waals surface area contributed by atoms with Crippen LogP contribution in [0.15, 0.2) is 11.4 Å². The summed E-state index contributed by atoms with van der Waals surface area (Å²) in [7, 11) is 0. The molecule has 1 N–H and O–H groups in total. The van der Waals surface area contributed by atoms with Gasteiger partial charge >= 0.3 is 0 Å². The van der Waals surface area contributed by atoms with E-state index in [0.29, 0.717) is 6.54 Å². The van der Waals surface area contributed by atoms with Gasteiger partial charge < -0.3 is 5.32 Å². The van der Waals surface area contributed by atoms with Crippen LogP contribution in [-0.2, 0) is 11.3 Å². The molecule has 0 bridgehead atoms. The van der Waals surface area contributed by atoms with Gasteiger partial charge in [-0.15, -0.1) is 17.8 Å². The maximum Gasteiger partial charge on any atom is 0.295 e. The molecule has 0 aliphatic carbocycles. The zero-order valence-corrected chi connectivity index (χ0v) is 7.57. The average Bonchev–Trinajstić information content (AvgIpc) is 2.47. The monoisotopic (exact) mass is 179 g/mol. The molecule has 3 heteroatoms. The maximum absolute atomic E-state index is 10.7. The standard InChI is InChI=1S/C9H9NOS/c1-3-9(11)10-6-8-7(2)4-5-12-8/h1,4-5H,6H2,2H3,(H,10,11). The maximum atomic E-state index is 10.7. The lowest BCUT2D eigenvalue weighted by Gasteiger charge is -1.98. The summed E-state index contributed by atoms with van der Waals surface area (Å²) in [4.78, 5) is 11.8. The number of hydrogen-bond acceptors (Lipinski definition) is 2. The minimum absolute atomic E-state index is 0.359. The van der Waals surface area contributed by atoms with Gasteiger partial charge in [0.25, 0.3) is 5.91 Å². The lowest BCUT2D eigenvalue weighted by atomic mass is 10.3. The molecular weight excluding hydrogens is 170 g/mol. The highest BCUT2D eigenvalue weighted by Gasteiger charge is 2.00. The number of amides is 1. The van der Waals surface area contributed by atoms with E-state index in [1.165, 1.54) is 5.56 Å². The van der Waals surface area contributed by atoms with Crippen molar-refractivity contribution in [1.82, 2.24) is 5.32 Å². The van der Waals surface area contributed by atoms with Crippen LogP contribution in [0.4, 0.5) is 0 Å². The first kappa shape index (κ1) is 8.82. The van der Waals surface area contributed by atoms with E-state index in [-0.39, 0.29) is 5.91 Å². The van der Waals surface area contributed by atoms with Crippen molar-refractivity contribution in [3.63, 3.8) is 0 Å². The van der Waals surface area contributed by atoms with E-state index in [1.54, 1.807) is 11.3 Å². The first-order chi connectivity index (χ1) is 5.74. The Kier molecular flexibility index (Phi) is 2.89. The average molecular weight is 179 g/mol. The molecular formula is C9H9NOS. The molecule has 2 nitrogen and oxygen atoms in total. The molecule has 62 valence electrons. The van der Waals surface area contributed by atoms with Gasteiger partial charge in [-0.3, -0.25) is 4.79 Å². The number of carbonyl (C=O) groups is 1. The Morgan fingerprint density at radius 3 is 3.08 bits per heavy atom. The minimum atomic E-state index is -0.359. The highest BCUT2D eigenvalue weighted by Crippen LogP contribution is 2.14. The molecule has 0 radical (unpaired) electrons. The van der Waals surface area contributed by atoms with Crippen LogP contribution in [0.1, 0.15) is 10.4 Å². The van der Waals surface area contributed by atoms with Gasteiger partial charge in [-0.1, -0.05) is 0 Å². The van der Waals surface area contributed by atoms with Crippen LogP contribution in [-0.4, -0.2) is 5.91 Å². The largest absolute Gasteiger partial charge is 0.340 e. The second kappa shape index (κ2) is 3.93. The molecule has 12 heavy (non-hydrogen) atoms. The van der Waals surface area contributed by atoms with E-state index in [9.17, 15) is 4.79 Å². The smallest absolute Gasteiger partial charge is 0.295 e. The van der Waals surface area contributed by atoms with E-state index < -0.39 is 0 Å². The van der Waals surface area contributed by atoms with Crippen molar-refractivity contribution in [2.24, 2.45) is 0 Å². The number of terminal acetylenes is 1. The van der Waals surface area contributed by atoms with E-state index in [2.05, 4.69) is 5.32 Å². The minimum Gasteiger partial charge on any atom is -0.340 e. The third-order valence-electron chi connectivity index (χ3n) is 1.51. The molecule has 1 amide bonds. The molecule has 1 aromatic heterocycles. The summed E-state index contributed by atoms with van der Waals surface area (Å²) in [6.07, 6.45) is 4.89. The number of thiophene rings is 1.